The van der Waals surface area contributed by atoms with Gasteiger partial charge in [0.05, 0.1) is 10.6 Å². The molecule has 0 radical (unpaired) electrons. The second-order valence-electron chi connectivity index (χ2n) is 4.50. The van der Waals surface area contributed by atoms with Crippen molar-refractivity contribution in [3.63, 3.8) is 0 Å². The van der Waals surface area contributed by atoms with Gasteiger partial charge in [0.2, 0.25) is 0 Å². The molecule has 0 spiro atoms. The molecule has 0 bridgehead atoms. The number of nitrogens with one attached hydrogen (secondary N) is 1. The summed E-state index contributed by atoms with van der Waals surface area (Å²) in [7, 11) is -2.98. The Kier molecular flexibility index (Phi) is 3.80. The molecule has 4 heteroatoms. The van der Waals surface area contributed by atoms with Crippen LogP contribution >= 0.6 is 10.8 Å². The standard InChI is InChI=1S/C14H19NO2S/c1-11-7-3-5-9-13(11)15-18(16,17)14-10-6-4-8-12(14)2/h4,6-10,15-17H,3,5H2,1-2H3. The molecule has 0 saturated heterocycles. The molecule has 0 amide bonds. The lowest BCUT2D eigenvalue weighted by atomic mass is 10.1. The molecule has 1 aliphatic rings. The molecule has 2 rings (SSSR count). The van der Waals surface area contributed by atoms with Gasteiger partial charge < -0.3 is 0 Å². The summed E-state index contributed by atoms with van der Waals surface area (Å²) in [5, 5.41) is 0. The average Bonchev–Trinajstić information content (AvgIpc) is 2.32. The van der Waals surface area contributed by atoms with E-state index in [0.29, 0.717) is 4.90 Å². The van der Waals surface area contributed by atoms with Crippen LogP contribution in [-0.4, -0.2) is 9.11 Å². The van der Waals surface area contributed by atoms with Crippen LogP contribution in [0.4, 0.5) is 0 Å². The summed E-state index contributed by atoms with van der Waals surface area (Å²) in [5.41, 5.74) is 2.77. The van der Waals surface area contributed by atoms with Crippen LogP contribution in [0.15, 0.2) is 52.6 Å². The summed E-state index contributed by atoms with van der Waals surface area (Å²) in [4.78, 5) is 0.560. The summed E-state index contributed by atoms with van der Waals surface area (Å²) < 4.78 is 23.5. The van der Waals surface area contributed by atoms with E-state index in [1.165, 1.54) is 0 Å². The lowest BCUT2D eigenvalue weighted by molar-refractivity contribution is 0.476. The Morgan fingerprint density at radius 3 is 2.39 bits per heavy atom. The first kappa shape index (κ1) is 13.2. The van der Waals surface area contributed by atoms with E-state index in [9.17, 15) is 9.11 Å². The molecule has 98 valence electrons. The molecule has 0 fully saturated rings. The van der Waals surface area contributed by atoms with Crippen LogP contribution in [-0.2, 0) is 0 Å². The maximum Gasteiger partial charge on any atom is 0.0830 e. The fourth-order valence-corrected chi connectivity index (χ4v) is 3.45. The molecule has 0 saturated carbocycles. The Labute approximate surface area is 110 Å². The van der Waals surface area contributed by atoms with Gasteiger partial charge in [0.15, 0.2) is 0 Å². The minimum atomic E-state index is -2.98. The van der Waals surface area contributed by atoms with Gasteiger partial charge in [-0.1, -0.05) is 41.1 Å². The van der Waals surface area contributed by atoms with Gasteiger partial charge in [0.1, 0.15) is 0 Å². The Morgan fingerprint density at radius 2 is 1.72 bits per heavy atom. The van der Waals surface area contributed by atoms with E-state index in [2.05, 4.69) is 10.8 Å². The zero-order valence-electron chi connectivity index (χ0n) is 10.7. The number of hydrogen-bond donors (Lipinski definition) is 3. The molecule has 0 atom stereocenters. The normalized spacial score (nSPS) is 16.9. The van der Waals surface area contributed by atoms with Crippen LogP contribution in [0.1, 0.15) is 25.3 Å². The molecule has 0 aliphatic heterocycles. The first-order chi connectivity index (χ1) is 8.50. The van der Waals surface area contributed by atoms with E-state index >= 15 is 0 Å². The number of rotatable bonds is 3. The van der Waals surface area contributed by atoms with Crippen molar-refractivity contribution in [2.75, 3.05) is 0 Å². The van der Waals surface area contributed by atoms with E-state index in [1.54, 1.807) is 6.07 Å². The van der Waals surface area contributed by atoms with Crippen molar-refractivity contribution in [3.05, 3.63) is 53.3 Å². The summed E-state index contributed by atoms with van der Waals surface area (Å²) in [5.74, 6) is 0. The summed E-state index contributed by atoms with van der Waals surface area (Å²) in [6, 6.07) is 7.33. The van der Waals surface area contributed by atoms with Crippen LogP contribution in [0.5, 0.6) is 0 Å². The Morgan fingerprint density at radius 1 is 1.06 bits per heavy atom. The molecule has 18 heavy (non-hydrogen) atoms. The van der Waals surface area contributed by atoms with Crippen LogP contribution in [0, 0.1) is 6.92 Å². The van der Waals surface area contributed by atoms with E-state index in [1.807, 2.05) is 38.1 Å². The Hall–Kier alpha value is -1.23. The lowest BCUT2D eigenvalue weighted by Crippen LogP contribution is -2.21. The highest BCUT2D eigenvalue weighted by atomic mass is 32.3. The molecular formula is C14H19NO2S. The molecule has 0 aromatic heterocycles. The minimum absolute atomic E-state index is 0.560. The van der Waals surface area contributed by atoms with Gasteiger partial charge in [-0.2, -0.15) is 0 Å². The number of hydrogen-bond acceptors (Lipinski definition) is 3. The highest BCUT2D eigenvalue weighted by molar-refractivity contribution is 8.22. The van der Waals surface area contributed by atoms with Gasteiger partial charge in [-0.25, -0.2) is 0 Å². The van der Waals surface area contributed by atoms with E-state index in [0.717, 1.165) is 29.7 Å². The largest absolute Gasteiger partial charge is 0.281 e. The van der Waals surface area contributed by atoms with Crippen LogP contribution in [0.3, 0.4) is 0 Å². The van der Waals surface area contributed by atoms with Gasteiger partial charge >= 0.3 is 0 Å². The summed E-state index contributed by atoms with van der Waals surface area (Å²) in [6.45, 7) is 3.86. The quantitative estimate of drug-likeness (QED) is 0.766. The summed E-state index contributed by atoms with van der Waals surface area (Å²) >= 11 is 0. The maximum absolute atomic E-state index is 10.3. The third-order valence-corrected chi connectivity index (χ3v) is 4.62. The monoisotopic (exact) mass is 265 g/mol. The third kappa shape index (κ3) is 2.77. The van der Waals surface area contributed by atoms with Gasteiger partial charge in [-0.3, -0.25) is 13.8 Å². The maximum atomic E-state index is 10.3. The fraction of sp³-hybridized carbons (Fsp3) is 0.286. The molecular weight excluding hydrogens is 246 g/mol. The van der Waals surface area contributed by atoms with Crippen molar-refractivity contribution in [2.45, 2.75) is 31.6 Å². The van der Waals surface area contributed by atoms with Gasteiger partial charge in [0, 0.05) is 0 Å². The SMILES string of the molecule is CC1=CCCC=C1NS(O)(O)c1ccccc1C. The Balaban J connectivity index is 2.25. The van der Waals surface area contributed by atoms with Crippen molar-refractivity contribution in [1.82, 2.24) is 4.72 Å². The van der Waals surface area contributed by atoms with Gasteiger partial charge in [0.25, 0.3) is 0 Å². The molecule has 0 unspecified atom stereocenters. The summed E-state index contributed by atoms with van der Waals surface area (Å²) in [6.07, 6.45) is 6.07. The van der Waals surface area contributed by atoms with Crippen LogP contribution in [0.25, 0.3) is 0 Å². The van der Waals surface area contributed by atoms with Crippen LogP contribution < -0.4 is 4.72 Å². The average molecular weight is 265 g/mol. The highest BCUT2D eigenvalue weighted by Gasteiger charge is 2.19. The lowest BCUT2D eigenvalue weighted by Gasteiger charge is -2.36. The number of allylic oxidation sites excluding steroid dienone is 3. The first-order valence-corrected chi connectivity index (χ1v) is 7.54. The minimum Gasteiger partial charge on any atom is -0.281 e. The number of aryl methyl sites for hydroxylation is 1. The van der Waals surface area contributed by atoms with Gasteiger partial charge in [-0.15, -0.1) is 0 Å². The Bertz CT molecular complexity index is 506. The van der Waals surface area contributed by atoms with Crippen molar-refractivity contribution >= 4 is 10.8 Å². The van der Waals surface area contributed by atoms with Crippen LogP contribution in [0.2, 0.25) is 0 Å². The van der Waals surface area contributed by atoms with E-state index in [-0.39, 0.29) is 0 Å². The second kappa shape index (κ2) is 5.18. The first-order valence-electron chi connectivity index (χ1n) is 5.99. The smallest absolute Gasteiger partial charge is 0.0830 e. The van der Waals surface area contributed by atoms with E-state index in [4.69, 9.17) is 0 Å². The molecule has 3 N–H and O–H groups in total. The second-order valence-corrected chi connectivity index (χ2v) is 6.24. The topological polar surface area (TPSA) is 52.5 Å². The third-order valence-electron chi connectivity index (χ3n) is 3.04. The molecule has 1 aliphatic carbocycles. The highest BCUT2D eigenvalue weighted by Crippen LogP contribution is 2.47. The zero-order valence-corrected chi connectivity index (χ0v) is 11.5. The van der Waals surface area contributed by atoms with Crippen molar-refractivity contribution in [2.24, 2.45) is 0 Å². The van der Waals surface area contributed by atoms with E-state index < -0.39 is 10.8 Å². The predicted octanol–water partition coefficient (Wildman–Crippen LogP) is 4.23. The fourth-order valence-electron chi connectivity index (χ4n) is 2.00. The van der Waals surface area contributed by atoms with Crippen molar-refractivity contribution < 1.29 is 9.11 Å². The molecule has 1 aromatic carbocycles. The molecule has 1 aromatic rings. The molecule has 0 heterocycles. The number of benzene rings is 1. The van der Waals surface area contributed by atoms with Crippen molar-refractivity contribution in [1.29, 1.82) is 0 Å². The molecule has 3 nitrogen and oxygen atoms in total. The van der Waals surface area contributed by atoms with Gasteiger partial charge in [-0.05, 0) is 43.9 Å². The predicted molar refractivity (Wildman–Crippen MR) is 76.5 cm³/mol. The zero-order chi connectivity index (χ0) is 13.2. The van der Waals surface area contributed by atoms with Crippen molar-refractivity contribution in [3.8, 4) is 0 Å².